The molecule has 0 unspecified atom stereocenters. The number of hydrogen-bond acceptors (Lipinski definition) is 5. The van der Waals surface area contributed by atoms with Crippen LogP contribution in [0.15, 0.2) is 27.6 Å². The highest BCUT2D eigenvalue weighted by molar-refractivity contribution is 7.89. The van der Waals surface area contributed by atoms with Crippen LogP contribution in [-0.2, 0) is 10.0 Å². The number of sulfonamides is 1. The van der Waals surface area contributed by atoms with E-state index in [1.807, 2.05) is 4.90 Å². The molecule has 1 fully saturated rings. The Morgan fingerprint density at radius 1 is 1.22 bits per heavy atom. The zero-order chi connectivity index (χ0) is 19.8. The van der Waals surface area contributed by atoms with Crippen LogP contribution in [0.1, 0.15) is 17.0 Å². The second kappa shape index (κ2) is 7.53. The number of aryl methyl sites for hydroxylation is 3. The Balaban J connectivity index is 1.64. The number of nitrogens with one attached hydrogen (secondary N) is 1. The number of piperazine rings is 1. The van der Waals surface area contributed by atoms with E-state index in [1.165, 1.54) is 10.4 Å². The van der Waals surface area contributed by atoms with Gasteiger partial charge in [0.2, 0.25) is 10.0 Å². The van der Waals surface area contributed by atoms with Crippen molar-refractivity contribution in [1.82, 2.24) is 14.4 Å². The SMILES string of the molecule is Cc1ccc(NC(=S)N2CCN(S(=O)(=O)c3c(C)noc3C)CC2)cc1F. The lowest BCUT2D eigenvalue weighted by Crippen LogP contribution is -2.51. The number of rotatable bonds is 3. The highest BCUT2D eigenvalue weighted by Gasteiger charge is 2.33. The van der Waals surface area contributed by atoms with Crippen LogP contribution in [-0.4, -0.2) is 54.1 Å². The van der Waals surface area contributed by atoms with Gasteiger partial charge in [-0.25, -0.2) is 12.8 Å². The number of thiocarbonyl (C=S) groups is 1. The van der Waals surface area contributed by atoms with Gasteiger partial charge in [-0.3, -0.25) is 0 Å². The molecule has 0 aliphatic carbocycles. The topological polar surface area (TPSA) is 78.7 Å². The normalized spacial score (nSPS) is 15.8. The maximum atomic E-state index is 13.7. The largest absolute Gasteiger partial charge is 0.360 e. The number of aromatic nitrogens is 1. The zero-order valence-corrected chi connectivity index (χ0v) is 17.0. The molecule has 1 N–H and O–H groups in total. The predicted octanol–water partition coefficient (Wildman–Crippen LogP) is 2.44. The summed E-state index contributed by atoms with van der Waals surface area (Å²) in [6, 6.07) is 4.82. The lowest BCUT2D eigenvalue weighted by molar-refractivity contribution is 0.268. The van der Waals surface area contributed by atoms with E-state index in [2.05, 4.69) is 10.5 Å². The van der Waals surface area contributed by atoms with Gasteiger partial charge in [0.15, 0.2) is 10.9 Å². The van der Waals surface area contributed by atoms with Gasteiger partial charge < -0.3 is 14.7 Å². The molecule has 27 heavy (non-hydrogen) atoms. The van der Waals surface area contributed by atoms with Gasteiger partial charge in [-0.1, -0.05) is 11.2 Å². The molecule has 146 valence electrons. The fourth-order valence-corrected chi connectivity index (χ4v) is 4.99. The average molecular weight is 413 g/mol. The number of halogens is 1. The monoisotopic (exact) mass is 412 g/mol. The van der Waals surface area contributed by atoms with Gasteiger partial charge in [-0.05, 0) is 50.7 Å². The van der Waals surface area contributed by atoms with Gasteiger partial charge in [0.25, 0.3) is 0 Å². The van der Waals surface area contributed by atoms with Crippen molar-refractivity contribution in [3.63, 3.8) is 0 Å². The number of anilines is 1. The van der Waals surface area contributed by atoms with Crippen LogP contribution in [0.2, 0.25) is 0 Å². The van der Waals surface area contributed by atoms with Crippen LogP contribution in [0.25, 0.3) is 0 Å². The van der Waals surface area contributed by atoms with Gasteiger partial charge in [0.1, 0.15) is 16.4 Å². The van der Waals surface area contributed by atoms with E-state index in [0.717, 1.165) is 0 Å². The summed E-state index contributed by atoms with van der Waals surface area (Å²) in [7, 11) is -3.66. The van der Waals surface area contributed by atoms with Gasteiger partial charge in [0, 0.05) is 31.9 Å². The first-order valence-corrected chi connectivity index (χ1v) is 10.3. The molecule has 0 radical (unpaired) electrons. The average Bonchev–Trinajstić information content (AvgIpc) is 2.97. The van der Waals surface area contributed by atoms with Gasteiger partial charge >= 0.3 is 0 Å². The van der Waals surface area contributed by atoms with Gasteiger partial charge in [0.05, 0.1) is 0 Å². The summed E-state index contributed by atoms with van der Waals surface area (Å²) in [4.78, 5) is 2.00. The Labute approximate surface area is 163 Å². The van der Waals surface area contributed by atoms with Gasteiger partial charge in [-0.15, -0.1) is 0 Å². The summed E-state index contributed by atoms with van der Waals surface area (Å²) in [5, 5.41) is 7.17. The first-order chi connectivity index (χ1) is 12.7. The highest BCUT2D eigenvalue weighted by atomic mass is 32.2. The fraction of sp³-hybridized carbons (Fsp3) is 0.412. The Morgan fingerprint density at radius 2 is 1.89 bits per heavy atom. The lowest BCUT2D eigenvalue weighted by atomic mass is 10.2. The van der Waals surface area contributed by atoms with Crippen molar-refractivity contribution in [3.05, 3.63) is 41.0 Å². The molecule has 1 aliphatic heterocycles. The van der Waals surface area contributed by atoms with E-state index >= 15 is 0 Å². The van der Waals surface area contributed by atoms with Crippen molar-refractivity contribution >= 4 is 33.0 Å². The Kier molecular flexibility index (Phi) is 5.50. The maximum absolute atomic E-state index is 13.7. The Hall–Kier alpha value is -2.04. The first-order valence-electron chi connectivity index (χ1n) is 8.45. The third-order valence-corrected chi connectivity index (χ3v) is 7.02. The number of nitrogens with zero attached hydrogens (tertiary/aromatic N) is 3. The van der Waals surface area contributed by atoms with Crippen molar-refractivity contribution in [1.29, 1.82) is 0 Å². The second-order valence-electron chi connectivity index (χ2n) is 6.44. The standard InChI is InChI=1S/C17H21FN4O3S2/c1-11-4-5-14(10-15(11)18)19-17(26)21-6-8-22(9-7-21)27(23,24)16-12(2)20-25-13(16)3/h4-5,10H,6-9H2,1-3H3,(H,19,26). The molecular weight excluding hydrogens is 391 g/mol. The van der Waals surface area contributed by atoms with Crippen LogP contribution in [0.4, 0.5) is 10.1 Å². The van der Waals surface area contributed by atoms with Crippen LogP contribution >= 0.6 is 12.2 Å². The van der Waals surface area contributed by atoms with Crippen molar-refractivity contribution in [2.24, 2.45) is 0 Å². The molecule has 2 heterocycles. The van der Waals surface area contributed by atoms with Crippen LogP contribution in [0.5, 0.6) is 0 Å². The number of hydrogen-bond donors (Lipinski definition) is 1. The summed E-state index contributed by atoms with van der Waals surface area (Å²) < 4.78 is 45.8. The predicted molar refractivity (Wildman–Crippen MR) is 104 cm³/mol. The third-order valence-electron chi connectivity index (χ3n) is 4.51. The molecule has 1 aromatic heterocycles. The summed E-state index contributed by atoms with van der Waals surface area (Å²) >= 11 is 5.38. The summed E-state index contributed by atoms with van der Waals surface area (Å²) in [5.41, 5.74) is 1.48. The molecule has 0 amide bonds. The summed E-state index contributed by atoms with van der Waals surface area (Å²) in [5.74, 6) is -0.0216. The molecule has 10 heteroatoms. The lowest BCUT2D eigenvalue weighted by Gasteiger charge is -2.35. The highest BCUT2D eigenvalue weighted by Crippen LogP contribution is 2.24. The van der Waals surface area contributed by atoms with Crippen LogP contribution in [0, 0.1) is 26.6 Å². The van der Waals surface area contributed by atoms with Crippen molar-refractivity contribution in [2.45, 2.75) is 25.7 Å². The quantitative estimate of drug-likeness (QED) is 0.776. The van der Waals surface area contributed by atoms with Crippen molar-refractivity contribution < 1.29 is 17.3 Å². The third kappa shape index (κ3) is 3.97. The molecule has 1 aliphatic rings. The van der Waals surface area contributed by atoms with E-state index in [4.69, 9.17) is 16.7 Å². The van der Waals surface area contributed by atoms with Crippen molar-refractivity contribution in [2.75, 3.05) is 31.5 Å². The minimum atomic E-state index is -3.66. The molecule has 0 bridgehead atoms. The molecule has 0 spiro atoms. The van der Waals surface area contributed by atoms with Crippen LogP contribution in [0.3, 0.4) is 0 Å². The molecule has 0 atom stereocenters. The molecule has 1 saturated heterocycles. The Morgan fingerprint density at radius 3 is 2.44 bits per heavy atom. The molecule has 1 aromatic carbocycles. The first kappa shape index (κ1) is 19.7. The molecule has 3 rings (SSSR count). The molecule has 2 aromatic rings. The minimum absolute atomic E-state index is 0.131. The maximum Gasteiger partial charge on any atom is 0.248 e. The Bertz CT molecular complexity index is 947. The van der Waals surface area contributed by atoms with E-state index in [9.17, 15) is 12.8 Å². The summed E-state index contributed by atoms with van der Waals surface area (Å²) in [6.45, 7) is 6.33. The number of benzene rings is 1. The zero-order valence-electron chi connectivity index (χ0n) is 15.3. The van der Waals surface area contributed by atoms with Crippen molar-refractivity contribution in [3.8, 4) is 0 Å². The summed E-state index contributed by atoms with van der Waals surface area (Å²) in [6.07, 6.45) is 0. The second-order valence-corrected chi connectivity index (χ2v) is 8.70. The van der Waals surface area contributed by atoms with E-state index in [0.29, 0.717) is 35.1 Å². The fourth-order valence-electron chi connectivity index (χ4n) is 2.98. The van der Waals surface area contributed by atoms with E-state index < -0.39 is 10.0 Å². The van der Waals surface area contributed by atoms with Gasteiger partial charge in [-0.2, -0.15) is 4.31 Å². The van der Waals surface area contributed by atoms with E-state index in [-0.39, 0.29) is 29.6 Å². The molecule has 7 nitrogen and oxygen atoms in total. The smallest absolute Gasteiger partial charge is 0.248 e. The van der Waals surface area contributed by atoms with Crippen LogP contribution < -0.4 is 5.32 Å². The minimum Gasteiger partial charge on any atom is -0.360 e. The molecular formula is C17H21FN4O3S2. The van der Waals surface area contributed by atoms with E-state index in [1.54, 1.807) is 32.9 Å². The molecule has 0 saturated carbocycles.